The van der Waals surface area contributed by atoms with Gasteiger partial charge in [0.25, 0.3) is 5.56 Å². The quantitative estimate of drug-likeness (QED) is 0.843. The first-order valence-corrected chi connectivity index (χ1v) is 9.10. The van der Waals surface area contributed by atoms with Gasteiger partial charge in [0.15, 0.2) is 11.5 Å². The van der Waals surface area contributed by atoms with Gasteiger partial charge in [-0.15, -0.1) is 0 Å². The lowest BCUT2D eigenvalue weighted by Gasteiger charge is -2.29. The molecule has 0 spiro atoms. The number of carbonyl (C=O) groups is 1. The van der Waals surface area contributed by atoms with Crippen molar-refractivity contribution in [3.05, 3.63) is 33.7 Å². The van der Waals surface area contributed by atoms with Crippen LogP contribution >= 0.6 is 0 Å². The van der Waals surface area contributed by atoms with Crippen LogP contribution in [0, 0.1) is 5.92 Å². The van der Waals surface area contributed by atoms with E-state index in [-0.39, 0.29) is 23.9 Å². The second kappa shape index (κ2) is 7.92. The molecule has 0 atom stereocenters. The highest BCUT2D eigenvalue weighted by atomic mass is 16.5. The van der Waals surface area contributed by atoms with E-state index in [0.717, 1.165) is 0 Å². The Balaban J connectivity index is 2.02. The summed E-state index contributed by atoms with van der Waals surface area (Å²) in [5, 5.41) is 0. The molecule has 1 N–H and O–H groups in total. The van der Waals surface area contributed by atoms with Crippen LogP contribution in [0.25, 0.3) is 11.4 Å². The number of benzene rings is 1. The molecule has 1 aromatic carbocycles. The molecule has 28 heavy (non-hydrogen) atoms. The van der Waals surface area contributed by atoms with E-state index in [1.165, 1.54) is 21.3 Å². The molecule has 0 unspecified atom stereocenters. The Morgan fingerprint density at radius 2 is 1.79 bits per heavy atom. The minimum atomic E-state index is -0.241. The van der Waals surface area contributed by atoms with Crippen LogP contribution < -0.4 is 19.8 Å². The Hall–Kier alpha value is -3.03. The third-order valence-electron chi connectivity index (χ3n) is 4.81. The first kappa shape index (κ1) is 19.7. The maximum Gasteiger partial charge on any atom is 0.256 e. The first-order chi connectivity index (χ1) is 13.4. The number of H-pyrrole nitrogens is 1. The van der Waals surface area contributed by atoms with Crippen molar-refractivity contribution >= 4 is 5.91 Å². The van der Waals surface area contributed by atoms with Gasteiger partial charge in [0.1, 0.15) is 5.82 Å². The molecule has 1 amide bonds. The molecule has 3 rings (SSSR count). The average Bonchev–Trinajstić information content (AvgIpc) is 2.71. The van der Waals surface area contributed by atoms with E-state index in [4.69, 9.17) is 14.2 Å². The Bertz CT molecular complexity index is 926. The smallest absolute Gasteiger partial charge is 0.256 e. The van der Waals surface area contributed by atoms with Crippen molar-refractivity contribution in [2.24, 2.45) is 5.92 Å². The van der Waals surface area contributed by atoms with Crippen molar-refractivity contribution in [1.29, 1.82) is 0 Å². The molecule has 150 valence electrons. The lowest BCUT2D eigenvalue weighted by molar-refractivity contribution is -0.135. The van der Waals surface area contributed by atoms with Gasteiger partial charge >= 0.3 is 0 Å². The van der Waals surface area contributed by atoms with Gasteiger partial charge in [0, 0.05) is 24.4 Å². The number of nitrogens with zero attached hydrogens (tertiary/aromatic N) is 2. The summed E-state index contributed by atoms with van der Waals surface area (Å²) >= 11 is 0. The largest absolute Gasteiger partial charge is 0.493 e. The first-order valence-electron chi connectivity index (χ1n) is 9.10. The lowest BCUT2D eigenvalue weighted by atomic mass is 10.0. The van der Waals surface area contributed by atoms with E-state index in [1.807, 2.05) is 13.8 Å². The van der Waals surface area contributed by atoms with Crippen molar-refractivity contribution in [2.45, 2.75) is 26.8 Å². The minimum absolute atomic E-state index is 0.0405. The third kappa shape index (κ3) is 3.54. The van der Waals surface area contributed by atoms with Gasteiger partial charge in [-0.2, -0.15) is 0 Å². The predicted molar refractivity (Wildman–Crippen MR) is 104 cm³/mol. The highest BCUT2D eigenvalue weighted by Crippen LogP contribution is 2.40. The number of methoxy groups -OCH3 is 3. The van der Waals surface area contributed by atoms with E-state index in [2.05, 4.69) is 9.97 Å². The SMILES string of the molecule is COc1cc(-c2nc3c(c(=O)[nH]2)CN(C(=O)C(C)C)CC3)cc(OC)c1OC. The Morgan fingerprint density at radius 3 is 2.32 bits per heavy atom. The van der Waals surface area contributed by atoms with Gasteiger partial charge in [0.2, 0.25) is 11.7 Å². The zero-order valence-corrected chi connectivity index (χ0v) is 16.8. The molecule has 2 aromatic rings. The minimum Gasteiger partial charge on any atom is -0.493 e. The van der Waals surface area contributed by atoms with E-state index in [0.29, 0.717) is 52.9 Å². The summed E-state index contributed by atoms with van der Waals surface area (Å²) < 4.78 is 16.1. The summed E-state index contributed by atoms with van der Waals surface area (Å²) in [7, 11) is 4.60. The predicted octanol–water partition coefficient (Wildman–Crippen LogP) is 2.00. The molecule has 0 radical (unpaired) electrons. The van der Waals surface area contributed by atoms with Crippen molar-refractivity contribution in [3.63, 3.8) is 0 Å². The molecule has 0 bridgehead atoms. The van der Waals surface area contributed by atoms with Gasteiger partial charge in [-0.3, -0.25) is 9.59 Å². The van der Waals surface area contributed by atoms with Gasteiger partial charge < -0.3 is 24.1 Å². The molecule has 2 heterocycles. The fourth-order valence-corrected chi connectivity index (χ4v) is 3.33. The van der Waals surface area contributed by atoms with Crippen LogP contribution in [-0.4, -0.2) is 48.6 Å². The molecule has 8 nitrogen and oxygen atoms in total. The number of ether oxygens (including phenoxy) is 3. The van der Waals surface area contributed by atoms with E-state index in [9.17, 15) is 9.59 Å². The number of fused-ring (bicyclic) bond motifs is 1. The van der Waals surface area contributed by atoms with Crippen molar-refractivity contribution in [2.75, 3.05) is 27.9 Å². The Morgan fingerprint density at radius 1 is 1.14 bits per heavy atom. The number of aromatic amines is 1. The number of carbonyl (C=O) groups excluding carboxylic acids is 1. The summed E-state index contributed by atoms with van der Waals surface area (Å²) in [4.78, 5) is 34.1. The van der Waals surface area contributed by atoms with E-state index in [1.54, 1.807) is 17.0 Å². The number of hydrogen-bond acceptors (Lipinski definition) is 6. The maximum atomic E-state index is 12.7. The third-order valence-corrected chi connectivity index (χ3v) is 4.81. The number of nitrogens with one attached hydrogen (secondary N) is 1. The summed E-state index contributed by atoms with van der Waals surface area (Å²) in [6.07, 6.45) is 0.537. The van der Waals surface area contributed by atoms with E-state index >= 15 is 0 Å². The maximum absolute atomic E-state index is 12.7. The topological polar surface area (TPSA) is 93.8 Å². The van der Waals surface area contributed by atoms with Crippen molar-refractivity contribution in [1.82, 2.24) is 14.9 Å². The molecule has 0 saturated heterocycles. The highest BCUT2D eigenvalue weighted by Gasteiger charge is 2.26. The molecule has 0 aliphatic carbocycles. The van der Waals surface area contributed by atoms with Crippen molar-refractivity contribution < 1.29 is 19.0 Å². The molecular formula is C20H25N3O5. The van der Waals surface area contributed by atoms with Crippen LogP contribution in [-0.2, 0) is 17.8 Å². The zero-order valence-electron chi connectivity index (χ0n) is 16.8. The summed E-state index contributed by atoms with van der Waals surface area (Å²) in [5.41, 5.74) is 1.65. The van der Waals surface area contributed by atoms with E-state index < -0.39 is 0 Å². The molecule has 1 aliphatic heterocycles. The molecule has 8 heteroatoms. The number of amides is 1. The van der Waals surface area contributed by atoms with Gasteiger partial charge in [-0.1, -0.05) is 13.8 Å². The lowest BCUT2D eigenvalue weighted by Crippen LogP contribution is -2.41. The number of hydrogen-bond donors (Lipinski definition) is 1. The molecule has 1 aromatic heterocycles. The van der Waals surface area contributed by atoms with Crippen LogP contribution in [0.2, 0.25) is 0 Å². The monoisotopic (exact) mass is 387 g/mol. The standard InChI is InChI=1S/C20H25N3O5/c1-11(2)20(25)23-7-6-14-13(10-23)19(24)22-18(21-14)12-8-15(26-3)17(28-5)16(9-12)27-4/h8-9,11H,6-7,10H2,1-5H3,(H,21,22,24). The summed E-state index contributed by atoms with van der Waals surface area (Å²) in [6, 6.07) is 3.48. The van der Waals surface area contributed by atoms with Crippen LogP contribution in [0.4, 0.5) is 0 Å². The molecule has 1 aliphatic rings. The van der Waals surface area contributed by atoms with Crippen molar-refractivity contribution in [3.8, 4) is 28.6 Å². The zero-order chi connectivity index (χ0) is 20.4. The van der Waals surface area contributed by atoms with Gasteiger partial charge in [-0.25, -0.2) is 4.98 Å². The molecule has 0 fully saturated rings. The Kier molecular flexibility index (Phi) is 5.58. The summed E-state index contributed by atoms with van der Waals surface area (Å²) in [6.45, 7) is 4.54. The number of aromatic nitrogens is 2. The molecular weight excluding hydrogens is 362 g/mol. The highest BCUT2D eigenvalue weighted by molar-refractivity contribution is 5.78. The summed E-state index contributed by atoms with van der Waals surface area (Å²) in [5.74, 6) is 1.78. The van der Waals surface area contributed by atoms with Crippen LogP contribution in [0.3, 0.4) is 0 Å². The second-order valence-corrected chi connectivity index (χ2v) is 6.92. The fraction of sp³-hybridized carbons (Fsp3) is 0.450. The van der Waals surface area contributed by atoms with Crippen LogP contribution in [0.1, 0.15) is 25.1 Å². The van der Waals surface area contributed by atoms with Crippen LogP contribution in [0.15, 0.2) is 16.9 Å². The number of rotatable bonds is 5. The average molecular weight is 387 g/mol. The van der Waals surface area contributed by atoms with Crippen LogP contribution in [0.5, 0.6) is 17.2 Å². The van der Waals surface area contributed by atoms with Gasteiger partial charge in [-0.05, 0) is 12.1 Å². The fourth-order valence-electron chi connectivity index (χ4n) is 3.33. The second-order valence-electron chi connectivity index (χ2n) is 6.92. The normalized spacial score (nSPS) is 13.3. The Labute approximate surface area is 163 Å². The molecule has 0 saturated carbocycles. The van der Waals surface area contributed by atoms with Gasteiger partial charge in [0.05, 0.1) is 39.1 Å².